The van der Waals surface area contributed by atoms with Gasteiger partial charge in [0.1, 0.15) is 0 Å². The van der Waals surface area contributed by atoms with Gasteiger partial charge in [-0.15, -0.1) is 0 Å². The van der Waals surface area contributed by atoms with E-state index in [1.165, 1.54) is 89.9 Å². The van der Waals surface area contributed by atoms with Crippen molar-refractivity contribution >= 4 is 0 Å². The van der Waals surface area contributed by atoms with Crippen LogP contribution in [0.2, 0.25) is 0 Å². The lowest BCUT2D eigenvalue weighted by Crippen LogP contribution is -2.05. The van der Waals surface area contributed by atoms with Gasteiger partial charge in [-0.1, -0.05) is 83.8 Å². The standard InChI is InChI=1S/C20H38/c1-3-5-7-9-11-13-16-20-18-14-17-19(20)15-12-10-8-6-4-2/h13,16,19-20H,3-12,14-15,17-18H2,1-2H3/b16-13+/t19-,20-/m0/s1. The fourth-order valence-corrected chi connectivity index (χ4v) is 3.65. The Morgan fingerprint density at radius 2 is 1.50 bits per heavy atom. The molecule has 0 aliphatic heterocycles. The molecule has 0 heteroatoms. The summed E-state index contributed by atoms with van der Waals surface area (Å²) < 4.78 is 0. The van der Waals surface area contributed by atoms with Gasteiger partial charge in [-0.3, -0.25) is 0 Å². The second-order valence-electron chi connectivity index (χ2n) is 6.84. The van der Waals surface area contributed by atoms with E-state index in [0.29, 0.717) is 0 Å². The van der Waals surface area contributed by atoms with Gasteiger partial charge >= 0.3 is 0 Å². The minimum atomic E-state index is 0.923. The Balaban J connectivity index is 2.08. The van der Waals surface area contributed by atoms with Crippen LogP contribution in [0, 0.1) is 11.8 Å². The molecule has 1 aliphatic carbocycles. The van der Waals surface area contributed by atoms with E-state index in [1.807, 2.05) is 0 Å². The van der Waals surface area contributed by atoms with E-state index < -0.39 is 0 Å². The first-order valence-corrected chi connectivity index (χ1v) is 9.55. The Labute approximate surface area is 128 Å². The van der Waals surface area contributed by atoms with Gasteiger partial charge in [-0.25, -0.2) is 0 Å². The van der Waals surface area contributed by atoms with E-state index in [0.717, 1.165) is 11.8 Å². The van der Waals surface area contributed by atoms with Gasteiger partial charge in [-0.05, 0) is 43.9 Å². The zero-order chi connectivity index (χ0) is 14.5. The summed E-state index contributed by atoms with van der Waals surface area (Å²) in [6.45, 7) is 4.60. The van der Waals surface area contributed by atoms with Crippen LogP contribution < -0.4 is 0 Å². The molecule has 0 spiro atoms. The quantitative estimate of drug-likeness (QED) is 0.260. The van der Waals surface area contributed by atoms with Crippen LogP contribution in [-0.2, 0) is 0 Å². The first-order valence-electron chi connectivity index (χ1n) is 9.55. The van der Waals surface area contributed by atoms with Crippen molar-refractivity contribution in [3.63, 3.8) is 0 Å². The van der Waals surface area contributed by atoms with Gasteiger partial charge in [0.2, 0.25) is 0 Å². The van der Waals surface area contributed by atoms with Crippen molar-refractivity contribution < 1.29 is 0 Å². The third-order valence-corrected chi connectivity index (χ3v) is 5.00. The highest BCUT2D eigenvalue weighted by Crippen LogP contribution is 2.36. The van der Waals surface area contributed by atoms with Crippen LogP contribution in [-0.4, -0.2) is 0 Å². The van der Waals surface area contributed by atoms with E-state index in [4.69, 9.17) is 0 Å². The summed E-state index contributed by atoms with van der Waals surface area (Å²) in [7, 11) is 0. The van der Waals surface area contributed by atoms with Crippen molar-refractivity contribution in [3.8, 4) is 0 Å². The molecular weight excluding hydrogens is 240 g/mol. The topological polar surface area (TPSA) is 0 Å². The molecule has 0 nitrogen and oxygen atoms in total. The summed E-state index contributed by atoms with van der Waals surface area (Å²) in [4.78, 5) is 0. The van der Waals surface area contributed by atoms with Crippen molar-refractivity contribution in [3.05, 3.63) is 12.2 Å². The summed E-state index contributed by atoms with van der Waals surface area (Å²) >= 11 is 0. The Morgan fingerprint density at radius 3 is 2.25 bits per heavy atom. The number of allylic oxidation sites excluding steroid dienone is 2. The van der Waals surface area contributed by atoms with Crippen molar-refractivity contribution in [2.45, 2.75) is 104 Å². The number of hydrogen-bond acceptors (Lipinski definition) is 0. The first-order chi connectivity index (χ1) is 9.88. The second kappa shape index (κ2) is 12.5. The zero-order valence-electron chi connectivity index (χ0n) is 14.2. The van der Waals surface area contributed by atoms with E-state index in [2.05, 4.69) is 26.0 Å². The highest BCUT2D eigenvalue weighted by molar-refractivity contribution is 4.94. The fraction of sp³-hybridized carbons (Fsp3) is 0.900. The average Bonchev–Trinajstić information content (AvgIpc) is 2.90. The van der Waals surface area contributed by atoms with Crippen LogP contribution in [0.4, 0.5) is 0 Å². The van der Waals surface area contributed by atoms with Gasteiger partial charge in [0.05, 0.1) is 0 Å². The molecule has 0 unspecified atom stereocenters. The molecule has 1 saturated carbocycles. The average molecular weight is 279 g/mol. The molecule has 118 valence electrons. The van der Waals surface area contributed by atoms with Crippen LogP contribution >= 0.6 is 0 Å². The SMILES string of the molecule is CCCCCC/C=C/[C@H]1CCC[C@@H]1CCCCCCC. The molecule has 0 radical (unpaired) electrons. The van der Waals surface area contributed by atoms with E-state index >= 15 is 0 Å². The third kappa shape index (κ3) is 8.12. The van der Waals surface area contributed by atoms with Gasteiger partial charge in [0.25, 0.3) is 0 Å². The van der Waals surface area contributed by atoms with Crippen LogP contribution in [0.15, 0.2) is 12.2 Å². The molecule has 0 heterocycles. The van der Waals surface area contributed by atoms with Crippen LogP contribution in [0.3, 0.4) is 0 Å². The summed E-state index contributed by atoms with van der Waals surface area (Å²) in [6.07, 6.45) is 25.1. The van der Waals surface area contributed by atoms with Crippen molar-refractivity contribution in [2.24, 2.45) is 11.8 Å². The molecule has 0 aromatic rings. The van der Waals surface area contributed by atoms with E-state index in [-0.39, 0.29) is 0 Å². The van der Waals surface area contributed by atoms with E-state index in [1.54, 1.807) is 0 Å². The number of unbranched alkanes of at least 4 members (excludes halogenated alkanes) is 8. The third-order valence-electron chi connectivity index (χ3n) is 5.00. The summed E-state index contributed by atoms with van der Waals surface area (Å²) in [6, 6.07) is 0. The largest absolute Gasteiger partial charge is 0.0882 e. The Bertz CT molecular complexity index is 228. The highest BCUT2D eigenvalue weighted by Gasteiger charge is 2.24. The molecule has 1 rings (SSSR count). The second-order valence-corrected chi connectivity index (χ2v) is 6.84. The van der Waals surface area contributed by atoms with Crippen molar-refractivity contribution in [1.29, 1.82) is 0 Å². The highest BCUT2D eigenvalue weighted by atomic mass is 14.3. The van der Waals surface area contributed by atoms with Gasteiger partial charge in [-0.2, -0.15) is 0 Å². The monoisotopic (exact) mass is 278 g/mol. The summed E-state index contributed by atoms with van der Waals surface area (Å²) in [5.41, 5.74) is 0. The lowest BCUT2D eigenvalue weighted by atomic mass is 9.90. The molecule has 0 aromatic heterocycles. The minimum Gasteiger partial charge on any atom is -0.0882 e. The van der Waals surface area contributed by atoms with Crippen LogP contribution in [0.1, 0.15) is 104 Å². The minimum absolute atomic E-state index is 0.923. The number of hydrogen-bond donors (Lipinski definition) is 0. The Hall–Kier alpha value is -0.260. The summed E-state index contributed by atoms with van der Waals surface area (Å²) in [5.74, 6) is 1.94. The maximum atomic E-state index is 2.58. The predicted octanol–water partition coefficient (Wildman–Crippen LogP) is 7.29. The van der Waals surface area contributed by atoms with Crippen molar-refractivity contribution in [2.75, 3.05) is 0 Å². The van der Waals surface area contributed by atoms with Gasteiger partial charge < -0.3 is 0 Å². The molecule has 0 bridgehead atoms. The fourth-order valence-electron chi connectivity index (χ4n) is 3.65. The maximum absolute atomic E-state index is 2.58. The normalized spacial score (nSPS) is 22.9. The lowest BCUT2D eigenvalue weighted by Gasteiger charge is -2.16. The van der Waals surface area contributed by atoms with Crippen LogP contribution in [0.5, 0.6) is 0 Å². The van der Waals surface area contributed by atoms with Gasteiger partial charge in [0, 0.05) is 0 Å². The van der Waals surface area contributed by atoms with Crippen LogP contribution in [0.25, 0.3) is 0 Å². The molecular formula is C20H38. The molecule has 0 N–H and O–H groups in total. The van der Waals surface area contributed by atoms with Gasteiger partial charge in [0.15, 0.2) is 0 Å². The molecule has 2 atom stereocenters. The molecule has 1 aliphatic rings. The maximum Gasteiger partial charge on any atom is -0.0205 e. The van der Waals surface area contributed by atoms with E-state index in [9.17, 15) is 0 Å². The molecule has 0 amide bonds. The molecule has 0 saturated heterocycles. The van der Waals surface area contributed by atoms with Crippen molar-refractivity contribution in [1.82, 2.24) is 0 Å². The summed E-state index contributed by atoms with van der Waals surface area (Å²) in [5, 5.41) is 0. The zero-order valence-corrected chi connectivity index (χ0v) is 14.2. The lowest BCUT2D eigenvalue weighted by molar-refractivity contribution is 0.402. The number of rotatable bonds is 12. The molecule has 1 fully saturated rings. The first kappa shape index (κ1) is 17.8. The Morgan fingerprint density at radius 1 is 0.800 bits per heavy atom. The predicted molar refractivity (Wildman–Crippen MR) is 92.1 cm³/mol. The Kier molecular flexibility index (Phi) is 11.1. The smallest absolute Gasteiger partial charge is 0.0205 e. The molecule has 20 heavy (non-hydrogen) atoms. The molecule has 0 aromatic carbocycles.